The van der Waals surface area contributed by atoms with E-state index < -0.39 is 5.97 Å². The van der Waals surface area contributed by atoms with Crippen LogP contribution in [0, 0.1) is 0 Å². The smallest absolute Gasteiger partial charge is 0.335 e. The molecule has 1 heterocycles. The van der Waals surface area contributed by atoms with Gasteiger partial charge < -0.3 is 15.4 Å². The molecule has 0 atom stereocenters. The summed E-state index contributed by atoms with van der Waals surface area (Å²) in [4.78, 5) is 14.1. The predicted molar refractivity (Wildman–Crippen MR) is 87.1 cm³/mol. The molecule has 22 heavy (non-hydrogen) atoms. The van der Waals surface area contributed by atoms with Crippen LogP contribution in [0.5, 0.6) is 0 Å². The highest BCUT2D eigenvalue weighted by Crippen LogP contribution is 2.17. The molecular weight excluding hydrogens is 276 g/mol. The second kappa shape index (κ2) is 6.45. The van der Waals surface area contributed by atoms with E-state index in [4.69, 9.17) is 5.11 Å². The van der Waals surface area contributed by atoms with Crippen molar-refractivity contribution < 1.29 is 9.90 Å². The summed E-state index contributed by atoms with van der Waals surface area (Å²) in [7, 11) is 0. The van der Waals surface area contributed by atoms with Crippen LogP contribution in [0.2, 0.25) is 0 Å². The molecule has 0 bridgehead atoms. The Morgan fingerprint density at radius 2 is 1.86 bits per heavy atom. The van der Waals surface area contributed by atoms with Gasteiger partial charge in [-0.15, -0.1) is 0 Å². The predicted octanol–water partition coefficient (Wildman–Crippen LogP) is 3.20. The molecule has 0 aliphatic heterocycles. The van der Waals surface area contributed by atoms with Gasteiger partial charge in [-0.25, -0.2) is 4.79 Å². The van der Waals surface area contributed by atoms with Gasteiger partial charge >= 0.3 is 5.97 Å². The normalized spacial score (nSPS) is 10.9. The van der Waals surface area contributed by atoms with Gasteiger partial charge in [-0.3, -0.25) is 0 Å². The van der Waals surface area contributed by atoms with Gasteiger partial charge in [0.05, 0.1) is 5.56 Å². The van der Waals surface area contributed by atoms with Crippen molar-refractivity contribution in [2.45, 2.75) is 13.0 Å². The summed E-state index contributed by atoms with van der Waals surface area (Å²) in [5.41, 5.74) is 3.89. The molecule has 112 valence electrons. The average Bonchev–Trinajstić information content (AvgIpc) is 2.95. The lowest BCUT2D eigenvalue weighted by Gasteiger charge is -2.05. The van der Waals surface area contributed by atoms with Crippen LogP contribution in [0.15, 0.2) is 54.7 Å². The van der Waals surface area contributed by atoms with Crippen molar-refractivity contribution in [1.29, 1.82) is 0 Å². The maximum absolute atomic E-state index is 10.8. The first-order valence-electron chi connectivity index (χ1n) is 7.32. The molecule has 4 heteroatoms. The maximum atomic E-state index is 10.8. The molecule has 0 saturated carbocycles. The van der Waals surface area contributed by atoms with E-state index in [1.54, 1.807) is 12.1 Å². The minimum absolute atomic E-state index is 0.322. The number of hydrogen-bond acceptors (Lipinski definition) is 2. The Balaban J connectivity index is 1.52. The van der Waals surface area contributed by atoms with Gasteiger partial charge in [-0.1, -0.05) is 30.3 Å². The molecule has 0 unspecified atom stereocenters. The van der Waals surface area contributed by atoms with Crippen molar-refractivity contribution in [2.75, 3.05) is 6.54 Å². The molecule has 3 N–H and O–H groups in total. The number of para-hydroxylation sites is 1. The number of H-pyrrole nitrogens is 1. The van der Waals surface area contributed by atoms with Crippen LogP contribution in [0.1, 0.15) is 21.5 Å². The standard InChI is InChI=1S/C18H18N2O2/c21-18(22)14-7-5-13(6-8-14)11-19-10-9-15-12-20-17-4-2-1-3-16(15)17/h1-8,12,19-20H,9-11H2,(H,21,22). The van der Waals surface area contributed by atoms with Gasteiger partial charge in [-0.05, 0) is 42.3 Å². The number of carboxylic acids is 1. The van der Waals surface area contributed by atoms with Gasteiger partial charge in [0, 0.05) is 23.6 Å². The first kappa shape index (κ1) is 14.4. The first-order chi connectivity index (χ1) is 10.7. The highest BCUT2D eigenvalue weighted by Gasteiger charge is 2.03. The first-order valence-corrected chi connectivity index (χ1v) is 7.32. The Kier molecular flexibility index (Phi) is 4.21. The molecule has 0 spiro atoms. The third kappa shape index (κ3) is 3.18. The van der Waals surface area contributed by atoms with Crippen LogP contribution in [0.3, 0.4) is 0 Å². The number of carbonyl (C=O) groups is 1. The van der Waals surface area contributed by atoms with Crippen molar-refractivity contribution in [2.24, 2.45) is 0 Å². The molecule has 0 radical (unpaired) electrons. The Bertz CT molecular complexity index is 775. The second-order valence-corrected chi connectivity index (χ2v) is 5.29. The van der Waals surface area contributed by atoms with Crippen molar-refractivity contribution in [3.63, 3.8) is 0 Å². The van der Waals surface area contributed by atoms with Crippen molar-refractivity contribution in [3.05, 3.63) is 71.4 Å². The summed E-state index contributed by atoms with van der Waals surface area (Å²) >= 11 is 0. The minimum atomic E-state index is -0.890. The Morgan fingerprint density at radius 3 is 2.64 bits per heavy atom. The summed E-state index contributed by atoms with van der Waals surface area (Å²) in [6.07, 6.45) is 3.02. The molecule has 0 saturated heterocycles. The summed E-state index contributed by atoms with van der Waals surface area (Å²) in [6.45, 7) is 1.62. The number of nitrogens with one attached hydrogen (secondary N) is 2. The lowest BCUT2D eigenvalue weighted by molar-refractivity contribution is 0.0697. The fourth-order valence-electron chi connectivity index (χ4n) is 2.56. The number of rotatable bonds is 6. The van der Waals surface area contributed by atoms with Crippen molar-refractivity contribution in [3.8, 4) is 0 Å². The van der Waals surface area contributed by atoms with Crippen LogP contribution in [0.25, 0.3) is 10.9 Å². The molecule has 0 fully saturated rings. The molecule has 0 aliphatic carbocycles. The number of fused-ring (bicyclic) bond motifs is 1. The van der Waals surface area contributed by atoms with Crippen molar-refractivity contribution in [1.82, 2.24) is 10.3 Å². The highest BCUT2D eigenvalue weighted by molar-refractivity contribution is 5.87. The van der Waals surface area contributed by atoms with Crippen LogP contribution in [-0.4, -0.2) is 22.6 Å². The Hall–Kier alpha value is -2.59. The number of benzene rings is 2. The van der Waals surface area contributed by atoms with E-state index in [0.29, 0.717) is 5.56 Å². The molecular formula is C18H18N2O2. The number of aromatic amines is 1. The number of carboxylic acid groups (broad SMARTS) is 1. The summed E-state index contributed by atoms with van der Waals surface area (Å²) in [5, 5.41) is 13.5. The van der Waals surface area contributed by atoms with Gasteiger partial charge in [0.15, 0.2) is 0 Å². The Labute approximate surface area is 128 Å². The fourth-order valence-corrected chi connectivity index (χ4v) is 2.56. The average molecular weight is 294 g/mol. The van der Waals surface area contributed by atoms with E-state index in [0.717, 1.165) is 25.1 Å². The number of hydrogen-bond donors (Lipinski definition) is 3. The molecule has 3 rings (SSSR count). The van der Waals surface area contributed by atoms with Crippen LogP contribution >= 0.6 is 0 Å². The van der Waals surface area contributed by atoms with E-state index in [-0.39, 0.29) is 0 Å². The largest absolute Gasteiger partial charge is 0.478 e. The maximum Gasteiger partial charge on any atom is 0.335 e. The monoisotopic (exact) mass is 294 g/mol. The zero-order valence-corrected chi connectivity index (χ0v) is 12.2. The SMILES string of the molecule is O=C(O)c1ccc(CNCCc2c[nH]c3ccccc23)cc1. The lowest BCUT2D eigenvalue weighted by Crippen LogP contribution is -2.16. The molecule has 0 amide bonds. The summed E-state index contributed by atoms with van der Waals surface area (Å²) in [5.74, 6) is -0.890. The van der Waals surface area contributed by atoms with Gasteiger partial charge in [-0.2, -0.15) is 0 Å². The van der Waals surface area contributed by atoms with Gasteiger partial charge in [0.1, 0.15) is 0 Å². The third-order valence-corrected chi connectivity index (χ3v) is 3.78. The molecule has 2 aromatic carbocycles. The Morgan fingerprint density at radius 1 is 1.09 bits per heavy atom. The zero-order valence-electron chi connectivity index (χ0n) is 12.2. The van der Waals surface area contributed by atoms with Crippen LogP contribution in [0.4, 0.5) is 0 Å². The quantitative estimate of drug-likeness (QED) is 0.612. The molecule has 4 nitrogen and oxygen atoms in total. The number of aromatic carboxylic acids is 1. The molecule has 3 aromatic rings. The van der Waals surface area contributed by atoms with Crippen LogP contribution in [-0.2, 0) is 13.0 Å². The molecule has 1 aromatic heterocycles. The van der Waals surface area contributed by atoms with E-state index in [1.165, 1.54) is 16.5 Å². The van der Waals surface area contributed by atoms with Gasteiger partial charge in [0.25, 0.3) is 0 Å². The van der Waals surface area contributed by atoms with E-state index >= 15 is 0 Å². The summed E-state index contributed by atoms with van der Waals surface area (Å²) in [6, 6.07) is 15.3. The minimum Gasteiger partial charge on any atom is -0.478 e. The number of aromatic nitrogens is 1. The second-order valence-electron chi connectivity index (χ2n) is 5.29. The van der Waals surface area contributed by atoms with Crippen LogP contribution < -0.4 is 5.32 Å². The summed E-state index contributed by atoms with van der Waals surface area (Å²) < 4.78 is 0. The fraction of sp³-hybridized carbons (Fsp3) is 0.167. The van der Waals surface area contributed by atoms with E-state index in [1.807, 2.05) is 18.2 Å². The van der Waals surface area contributed by atoms with Crippen molar-refractivity contribution >= 4 is 16.9 Å². The van der Waals surface area contributed by atoms with E-state index in [9.17, 15) is 4.79 Å². The highest BCUT2D eigenvalue weighted by atomic mass is 16.4. The zero-order chi connectivity index (χ0) is 15.4. The van der Waals surface area contributed by atoms with Gasteiger partial charge in [0.2, 0.25) is 0 Å². The molecule has 0 aliphatic rings. The van der Waals surface area contributed by atoms with E-state index in [2.05, 4.69) is 34.7 Å². The lowest BCUT2D eigenvalue weighted by atomic mass is 10.1. The third-order valence-electron chi connectivity index (χ3n) is 3.78. The topological polar surface area (TPSA) is 65.1 Å².